The summed E-state index contributed by atoms with van der Waals surface area (Å²) < 4.78 is 24.7. The number of carbonyl (C=O) groups excluding carboxylic acids is 1. The van der Waals surface area contributed by atoms with E-state index in [2.05, 4.69) is 0 Å². The van der Waals surface area contributed by atoms with E-state index < -0.39 is 19.0 Å². The second kappa shape index (κ2) is 4.59. The van der Waals surface area contributed by atoms with Crippen molar-refractivity contribution in [3.63, 3.8) is 0 Å². The summed E-state index contributed by atoms with van der Waals surface area (Å²) in [7, 11) is -3.25. The smallest absolute Gasteiger partial charge is 0.344 e. The van der Waals surface area contributed by atoms with Crippen LogP contribution in [0.3, 0.4) is 0 Å². The van der Waals surface area contributed by atoms with Crippen molar-refractivity contribution in [3.05, 3.63) is 71.5 Å². The Morgan fingerprint density at radius 3 is 2.45 bits per heavy atom. The zero-order chi connectivity index (χ0) is 15.3. The van der Waals surface area contributed by atoms with E-state index in [1.807, 2.05) is 30.3 Å². The summed E-state index contributed by atoms with van der Waals surface area (Å²) >= 11 is 0. The van der Waals surface area contributed by atoms with Gasteiger partial charge in [-0.3, -0.25) is 4.57 Å². The van der Waals surface area contributed by atoms with E-state index in [1.54, 1.807) is 31.2 Å². The summed E-state index contributed by atoms with van der Waals surface area (Å²) in [6.45, 7) is 1.67. The molecule has 5 heteroatoms. The lowest BCUT2D eigenvalue weighted by molar-refractivity contribution is -0.131. The number of allylic oxidation sites excluding steroid dienone is 1. The monoisotopic (exact) mass is 312 g/mol. The van der Waals surface area contributed by atoms with Crippen molar-refractivity contribution < 1.29 is 18.6 Å². The minimum Gasteiger partial charge on any atom is -0.443 e. The van der Waals surface area contributed by atoms with Crippen molar-refractivity contribution in [3.8, 4) is 5.75 Å². The third-order valence-electron chi connectivity index (χ3n) is 4.02. The lowest BCUT2D eigenvalue weighted by atomic mass is 10.00. The van der Waals surface area contributed by atoms with Gasteiger partial charge in [-0.25, -0.2) is 4.79 Å². The van der Waals surface area contributed by atoms with E-state index in [0.29, 0.717) is 22.4 Å². The van der Waals surface area contributed by atoms with Gasteiger partial charge in [-0.05, 0) is 25.1 Å². The first-order valence-corrected chi connectivity index (χ1v) is 8.67. The van der Waals surface area contributed by atoms with Crippen LogP contribution in [0.1, 0.15) is 18.1 Å². The lowest BCUT2D eigenvalue weighted by Gasteiger charge is -2.26. The Balaban J connectivity index is 1.98. The van der Waals surface area contributed by atoms with Gasteiger partial charge in [0.05, 0.1) is 5.57 Å². The molecule has 2 heterocycles. The normalized spacial score (nSPS) is 26.0. The summed E-state index contributed by atoms with van der Waals surface area (Å²) in [6, 6.07) is 16.2. The van der Waals surface area contributed by atoms with Gasteiger partial charge in [0.15, 0.2) is 0 Å². The van der Waals surface area contributed by atoms with Crippen LogP contribution in [0, 0.1) is 0 Å². The highest BCUT2D eigenvalue weighted by molar-refractivity contribution is 7.68. The molecule has 4 rings (SSSR count). The molecule has 2 unspecified atom stereocenters. The third-order valence-corrected chi connectivity index (χ3v) is 6.80. The maximum atomic E-state index is 13.6. The SMILES string of the molecule is CC1=C2C(=O)Oc3ccccc3C2P(=O)(c2ccccc2)O1. The third kappa shape index (κ3) is 1.71. The largest absolute Gasteiger partial charge is 0.443 e. The van der Waals surface area contributed by atoms with Crippen LogP contribution in [0.15, 0.2) is 65.9 Å². The molecule has 0 fully saturated rings. The highest BCUT2D eigenvalue weighted by atomic mass is 31.2. The first-order chi connectivity index (χ1) is 10.6. The van der Waals surface area contributed by atoms with E-state index in [1.165, 1.54) is 0 Å². The number of hydrogen-bond acceptors (Lipinski definition) is 4. The first-order valence-electron chi connectivity index (χ1n) is 6.98. The van der Waals surface area contributed by atoms with Gasteiger partial charge in [-0.1, -0.05) is 36.4 Å². The van der Waals surface area contributed by atoms with E-state index in [4.69, 9.17) is 9.26 Å². The van der Waals surface area contributed by atoms with Crippen molar-refractivity contribution in [2.45, 2.75) is 12.6 Å². The Labute approximate surface area is 127 Å². The number of rotatable bonds is 1. The van der Waals surface area contributed by atoms with Crippen LogP contribution in [0.5, 0.6) is 5.75 Å². The van der Waals surface area contributed by atoms with Gasteiger partial charge in [-0.15, -0.1) is 0 Å². The number of para-hydroxylation sites is 1. The van der Waals surface area contributed by atoms with E-state index in [0.717, 1.165) is 5.56 Å². The fourth-order valence-corrected chi connectivity index (χ4v) is 5.86. The highest BCUT2D eigenvalue weighted by Gasteiger charge is 2.53. The Kier molecular flexibility index (Phi) is 2.78. The molecule has 22 heavy (non-hydrogen) atoms. The van der Waals surface area contributed by atoms with Gasteiger partial charge < -0.3 is 9.26 Å². The molecule has 0 aliphatic carbocycles. The fraction of sp³-hybridized carbons (Fsp3) is 0.118. The summed E-state index contributed by atoms with van der Waals surface area (Å²) in [4.78, 5) is 12.3. The van der Waals surface area contributed by atoms with Gasteiger partial charge >= 0.3 is 5.97 Å². The Morgan fingerprint density at radius 2 is 1.68 bits per heavy atom. The predicted octanol–water partition coefficient (Wildman–Crippen LogP) is 3.55. The van der Waals surface area contributed by atoms with Crippen LogP contribution in [0.2, 0.25) is 0 Å². The van der Waals surface area contributed by atoms with Gasteiger partial charge in [-0.2, -0.15) is 0 Å². The molecule has 0 N–H and O–H groups in total. The standard InChI is InChI=1S/C17H13O4P/c1-11-15-16(13-9-5-6-10-14(13)20-17(15)18)22(19,21-11)12-7-3-2-4-8-12/h2-10,16H,1H3. The second-order valence-corrected chi connectivity index (χ2v) is 7.73. The maximum Gasteiger partial charge on any atom is 0.344 e. The van der Waals surface area contributed by atoms with Crippen LogP contribution in [-0.4, -0.2) is 5.97 Å². The molecule has 0 saturated heterocycles. The van der Waals surface area contributed by atoms with E-state index in [9.17, 15) is 9.36 Å². The molecule has 0 radical (unpaired) electrons. The number of carbonyl (C=O) groups is 1. The van der Waals surface area contributed by atoms with Crippen LogP contribution in [0.25, 0.3) is 0 Å². The van der Waals surface area contributed by atoms with E-state index >= 15 is 0 Å². The number of hydrogen-bond donors (Lipinski definition) is 0. The average molecular weight is 312 g/mol. The molecule has 2 atom stereocenters. The van der Waals surface area contributed by atoms with Gasteiger partial charge in [0.2, 0.25) is 0 Å². The molecular formula is C17H13O4P. The molecule has 0 amide bonds. The summed E-state index contributed by atoms with van der Waals surface area (Å²) in [5.41, 5.74) is 0.513. The molecule has 2 aliphatic rings. The Hall–Kier alpha value is -2.32. The molecular weight excluding hydrogens is 299 g/mol. The predicted molar refractivity (Wildman–Crippen MR) is 82.3 cm³/mol. The quantitative estimate of drug-likeness (QED) is 0.459. The number of ether oxygens (including phenoxy) is 1. The molecule has 2 aromatic carbocycles. The number of esters is 1. The first kappa shape index (κ1) is 13.4. The summed E-state index contributed by atoms with van der Waals surface area (Å²) in [6.07, 6.45) is 0. The molecule has 110 valence electrons. The molecule has 0 bridgehead atoms. The number of benzene rings is 2. The summed E-state index contributed by atoms with van der Waals surface area (Å²) in [5, 5.41) is 0.610. The molecule has 2 aliphatic heterocycles. The molecule has 0 saturated carbocycles. The Bertz CT molecular complexity index is 854. The average Bonchev–Trinajstić information content (AvgIpc) is 2.82. The minimum atomic E-state index is -3.25. The summed E-state index contributed by atoms with van der Waals surface area (Å²) in [5.74, 6) is 0.363. The number of fused-ring (bicyclic) bond motifs is 3. The Morgan fingerprint density at radius 1 is 1.00 bits per heavy atom. The molecule has 0 spiro atoms. The van der Waals surface area contributed by atoms with E-state index in [-0.39, 0.29) is 0 Å². The van der Waals surface area contributed by atoms with Crippen LogP contribution < -0.4 is 10.0 Å². The van der Waals surface area contributed by atoms with Crippen LogP contribution >= 0.6 is 7.37 Å². The molecule has 4 nitrogen and oxygen atoms in total. The van der Waals surface area contributed by atoms with Crippen molar-refractivity contribution >= 4 is 18.6 Å². The fourth-order valence-electron chi connectivity index (χ4n) is 3.05. The van der Waals surface area contributed by atoms with Crippen molar-refractivity contribution in [1.29, 1.82) is 0 Å². The van der Waals surface area contributed by atoms with Crippen LogP contribution in [0.4, 0.5) is 0 Å². The van der Waals surface area contributed by atoms with Crippen molar-refractivity contribution in [2.24, 2.45) is 0 Å². The van der Waals surface area contributed by atoms with Gasteiger partial charge in [0.25, 0.3) is 7.37 Å². The van der Waals surface area contributed by atoms with Crippen molar-refractivity contribution in [1.82, 2.24) is 0 Å². The second-order valence-electron chi connectivity index (χ2n) is 5.32. The minimum absolute atomic E-state index is 0.367. The lowest BCUT2D eigenvalue weighted by Crippen LogP contribution is -2.23. The zero-order valence-corrected chi connectivity index (χ0v) is 12.7. The highest BCUT2D eigenvalue weighted by Crippen LogP contribution is 2.70. The maximum absolute atomic E-state index is 13.6. The van der Waals surface area contributed by atoms with Crippen molar-refractivity contribution in [2.75, 3.05) is 0 Å². The van der Waals surface area contributed by atoms with Crippen LogP contribution in [-0.2, 0) is 13.9 Å². The van der Waals surface area contributed by atoms with Gasteiger partial charge in [0, 0.05) is 10.9 Å². The topological polar surface area (TPSA) is 52.6 Å². The molecule has 0 aromatic heterocycles. The zero-order valence-electron chi connectivity index (χ0n) is 11.9. The molecule has 2 aromatic rings. The van der Waals surface area contributed by atoms with Gasteiger partial charge in [0.1, 0.15) is 17.2 Å².